The maximum atomic E-state index is 12.6. The van der Waals surface area contributed by atoms with Gasteiger partial charge in [0.05, 0.1) is 11.1 Å². The predicted octanol–water partition coefficient (Wildman–Crippen LogP) is 5.03. The molecule has 5 nitrogen and oxygen atoms in total. The van der Waals surface area contributed by atoms with Crippen molar-refractivity contribution in [3.05, 3.63) is 69.8 Å². The highest BCUT2D eigenvalue weighted by atomic mass is 35.5. The highest BCUT2D eigenvalue weighted by Gasteiger charge is 2.21. The van der Waals surface area contributed by atoms with Crippen LogP contribution in [0.4, 0.5) is 5.69 Å². The fraction of sp³-hybridized carbons (Fsp3) is 0.150. The SMILES string of the molecule is Cc1ccc(Cl)cc1NC(=O)[C@H](C)OC(=O)c1cc(Cl)nc2ccccc12. The zero-order valence-electron chi connectivity index (χ0n) is 14.6. The average Bonchev–Trinajstić information content (AvgIpc) is 2.63. The number of amides is 1. The van der Waals surface area contributed by atoms with Gasteiger partial charge in [0.15, 0.2) is 6.10 Å². The van der Waals surface area contributed by atoms with Crippen molar-refractivity contribution in [2.75, 3.05) is 5.32 Å². The number of nitrogens with one attached hydrogen (secondary N) is 1. The molecular weight excluding hydrogens is 387 g/mol. The van der Waals surface area contributed by atoms with Crippen LogP contribution in [0.1, 0.15) is 22.8 Å². The van der Waals surface area contributed by atoms with Crippen molar-refractivity contribution >= 4 is 51.7 Å². The van der Waals surface area contributed by atoms with E-state index < -0.39 is 18.0 Å². The molecule has 1 heterocycles. The summed E-state index contributed by atoms with van der Waals surface area (Å²) in [5, 5.41) is 3.99. The smallest absolute Gasteiger partial charge is 0.339 e. The zero-order valence-corrected chi connectivity index (χ0v) is 16.1. The Bertz CT molecular complexity index is 1040. The number of anilines is 1. The lowest BCUT2D eigenvalue weighted by Gasteiger charge is -2.15. The molecule has 1 N–H and O–H groups in total. The zero-order chi connectivity index (χ0) is 19.6. The lowest BCUT2D eigenvalue weighted by Crippen LogP contribution is -2.30. The van der Waals surface area contributed by atoms with Crippen LogP contribution >= 0.6 is 23.2 Å². The van der Waals surface area contributed by atoms with Crippen LogP contribution in [0.25, 0.3) is 10.9 Å². The number of aromatic nitrogens is 1. The maximum absolute atomic E-state index is 12.6. The fourth-order valence-electron chi connectivity index (χ4n) is 2.55. The summed E-state index contributed by atoms with van der Waals surface area (Å²) < 4.78 is 5.33. The van der Waals surface area contributed by atoms with Crippen molar-refractivity contribution in [3.8, 4) is 0 Å². The maximum Gasteiger partial charge on any atom is 0.339 e. The second-order valence-electron chi connectivity index (χ2n) is 6.01. The average molecular weight is 403 g/mol. The minimum atomic E-state index is -1.01. The fourth-order valence-corrected chi connectivity index (χ4v) is 2.93. The molecule has 1 amide bonds. The second-order valence-corrected chi connectivity index (χ2v) is 6.83. The van der Waals surface area contributed by atoms with Crippen LogP contribution in [0.15, 0.2) is 48.5 Å². The van der Waals surface area contributed by atoms with Gasteiger partial charge < -0.3 is 10.1 Å². The number of ether oxygens (including phenoxy) is 1. The summed E-state index contributed by atoms with van der Waals surface area (Å²) in [4.78, 5) is 29.2. The molecule has 0 unspecified atom stereocenters. The Morgan fingerprint density at radius 2 is 1.85 bits per heavy atom. The van der Waals surface area contributed by atoms with Crippen molar-refractivity contribution < 1.29 is 14.3 Å². The van der Waals surface area contributed by atoms with Crippen molar-refractivity contribution in [2.24, 2.45) is 0 Å². The van der Waals surface area contributed by atoms with Gasteiger partial charge in [0.2, 0.25) is 0 Å². The number of hydrogen-bond donors (Lipinski definition) is 1. The molecule has 0 bridgehead atoms. The first-order chi connectivity index (χ1) is 12.8. The van der Waals surface area contributed by atoms with Gasteiger partial charge in [0, 0.05) is 16.1 Å². The largest absolute Gasteiger partial charge is 0.449 e. The van der Waals surface area contributed by atoms with Crippen LogP contribution in [0, 0.1) is 6.92 Å². The molecule has 1 aromatic heterocycles. The number of nitrogens with zero attached hydrogens (tertiary/aromatic N) is 1. The molecule has 0 saturated carbocycles. The minimum absolute atomic E-state index is 0.173. The van der Waals surface area contributed by atoms with Crippen LogP contribution < -0.4 is 5.32 Å². The molecular formula is C20H16Cl2N2O3. The number of carbonyl (C=O) groups is 2. The quantitative estimate of drug-likeness (QED) is 0.490. The molecule has 0 spiro atoms. The van der Waals surface area contributed by atoms with E-state index >= 15 is 0 Å². The predicted molar refractivity (Wildman–Crippen MR) is 106 cm³/mol. The van der Waals surface area contributed by atoms with Gasteiger partial charge in [0.1, 0.15) is 5.15 Å². The van der Waals surface area contributed by atoms with Gasteiger partial charge >= 0.3 is 5.97 Å². The number of para-hydroxylation sites is 1. The van der Waals surface area contributed by atoms with E-state index in [0.29, 0.717) is 21.6 Å². The molecule has 7 heteroatoms. The molecule has 0 radical (unpaired) electrons. The molecule has 0 saturated heterocycles. The summed E-state index contributed by atoms with van der Waals surface area (Å²) >= 11 is 12.0. The number of esters is 1. The number of rotatable bonds is 4. The summed E-state index contributed by atoms with van der Waals surface area (Å²) in [5.74, 6) is -1.11. The standard InChI is InChI=1S/C20H16Cl2N2O3/c1-11-7-8-13(21)9-17(11)24-19(25)12(2)27-20(26)15-10-18(22)23-16-6-4-3-5-14(15)16/h3-10,12H,1-2H3,(H,24,25)/t12-/m0/s1. The lowest BCUT2D eigenvalue weighted by atomic mass is 10.1. The number of hydrogen-bond acceptors (Lipinski definition) is 4. The molecule has 2 aromatic carbocycles. The van der Waals surface area contributed by atoms with Gasteiger partial charge in [-0.2, -0.15) is 0 Å². The van der Waals surface area contributed by atoms with Crippen LogP contribution in [-0.4, -0.2) is 23.0 Å². The molecule has 27 heavy (non-hydrogen) atoms. The topological polar surface area (TPSA) is 68.3 Å². The number of carbonyl (C=O) groups excluding carboxylic acids is 2. The van der Waals surface area contributed by atoms with E-state index in [-0.39, 0.29) is 10.7 Å². The van der Waals surface area contributed by atoms with E-state index in [1.165, 1.54) is 13.0 Å². The van der Waals surface area contributed by atoms with Crippen LogP contribution in [0.5, 0.6) is 0 Å². The van der Waals surface area contributed by atoms with Gasteiger partial charge in [0.25, 0.3) is 5.91 Å². The Labute approximate surface area is 166 Å². The third-order valence-corrected chi connectivity index (χ3v) is 4.44. The summed E-state index contributed by atoms with van der Waals surface area (Å²) in [6.45, 7) is 3.34. The number of fused-ring (bicyclic) bond motifs is 1. The Hall–Kier alpha value is -2.63. The number of halogens is 2. The van der Waals surface area contributed by atoms with Gasteiger partial charge in [-0.3, -0.25) is 4.79 Å². The van der Waals surface area contributed by atoms with E-state index in [1.807, 2.05) is 6.92 Å². The van der Waals surface area contributed by atoms with Gasteiger partial charge in [-0.25, -0.2) is 9.78 Å². The molecule has 3 aromatic rings. The summed E-state index contributed by atoms with van der Waals surface area (Å²) in [5.41, 5.74) is 2.23. The Morgan fingerprint density at radius 1 is 1.11 bits per heavy atom. The molecule has 3 rings (SSSR count). The minimum Gasteiger partial charge on any atom is -0.449 e. The van der Waals surface area contributed by atoms with Crippen LogP contribution in [0.3, 0.4) is 0 Å². The molecule has 0 fully saturated rings. The third-order valence-electron chi connectivity index (χ3n) is 4.02. The van der Waals surface area contributed by atoms with Crippen LogP contribution in [-0.2, 0) is 9.53 Å². The molecule has 0 aliphatic carbocycles. The van der Waals surface area contributed by atoms with E-state index in [2.05, 4.69) is 10.3 Å². The van der Waals surface area contributed by atoms with Gasteiger partial charge in [-0.05, 0) is 43.7 Å². The van der Waals surface area contributed by atoms with Gasteiger partial charge in [-0.15, -0.1) is 0 Å². The molecule has 0 aliphatic rings. The second kappa shape index (κ2) is 7.94. The Balaban J connectivity index is 1.78. The van der Waals surface area contributed by atoms with Crippen molar-refractivity contribution in [2.45, 2.75) is 20.0 Å². The van der Waals surface area contributed by atoms with E-state index in [9.17, 15) is 9.59 Å². The number of aryl methyl sites for hydroxylation is 1. The normalized spacial score (nSPS) is 11.9. The Kier molecular flexibility index (Phi) is 5.63. The van der Waals surface area contributed by atoms with Crippen molar-refractivity contribution in [1.82, 2.24) is 4.98 Å². The van der Waals surface area contributed by atoms with E-state index in [4.69, 9.17) is 27.9 Å². The highest BCUT2D eigenvalue weighted by Crippen LogP contribution is 2.23. The Morgan fingerprint density at radius 3 is 2.63 bits per heavy atom. The summed E-state index contributed by atoms with van der Waals surface area (Å²) in [6, 6.07) is 13.7. The van der Waals surface area contributed by atoms with Crippen molar-refractivity contribution in [1.29, 1.82) is 0 Å². The first kappa shape index (κ1) is 19.1. The monoisotopic (exact) mass is 402 g/mol. The molecule has 138 valence electrons. The number of pyridine rings is 1. The van der Waals surface area contributed by atoms with Crippen LogP contribution in [0.2, 0.25) is 10.2 Å². The summed E-state index contributed by atoms with van der Waals surface area (Å²) in [7, 11) is 0. The number of benzene rings is 2. The van der Waals surface area contributed by atoms with E-state index in [1.54, 1.807) is 42.5 Å². The third kappa shape index (κ3) is 4.38. The van der Waals surface area contributed by atoms with Gasteiger partial charge in [-0.1, -0.05) is 47.5 Å². The van der Waals surface area contributed by atoms with Crippen molar-refractivity contribution in [3.63, 3.8) is 0 Å². The lowest BCUT2D eigenvalue weighted by molar-refractivity contribution is -0.123. The van der Waals surface area contributed by atoms with E-state index in [0.717, 1.165) is 5.56 Å². The molecule has 1 atom stereocenters. The highest BCUT2D eigenvalue weighted by molar-refractivity contribution is 6.31. The first-order valence-corrected chi connectivity index (χ1v) is 8.94. The first-order valence-electron chi connectivity index (χ1n) is 8.18. The summed E-state index contributed by atoms with van der Waals surface area (Å²) in [6.07, 6.45) is -1.01. The molecule has 0 aliphatic heterocycles.